The van der Waals surface area contributed by atoms with Crippen LogP contribution in [0.15, 0.2) is 72.8 Å². The summed E-state index contributed by atoms with van der Waals surface area (Å²) in [5.41, 5.74) is 2.18. The highest BCUT2D eigenvalue weighted by Crippen LogP contribution is 2.33. The Balaban J connectivity index is 1.74. The molecule has 5 nitrogen and oxygen atoms in total. The fourth-order valence-electron chi connectivity index (χ4n) is 2.90. The van der Waals surface area contributed by atoms with E-state index in [4.69, 9.17) is 9.84 Å². The summed E-state index contributed by atoms with van der Waals surface area (Å²) >= 11 is 0. The first-order chi connectivity index (χ1) is 13.3. The lowest BCUT2D eigenvalue weighted by Gasteiger charge is -2.26. The molecule has 3 aromatic rings. The maximum atomic E-state index is 12.2. The van der Waals surface area contributed by atoms with Gasteiger partial charge in [-0.3, -0.25) is 0 Å². The Hall–Kier alpha value is -3.60. The quantitative estimate of drug-likeness (QED) is 0.501. The summed E-state index contributed by atoms with van der Waals surface area (Å²) in [7, 11) is 0. The summed E-state index contributed by atoms with van der Waals surface area (Å²) in [6, 6.07) is 19.9. The van der Waals surface area contributed by atoms with Crippen molar-refractivity contribution in [2.24, 2.45) is 0 Å². The van der Waals surface area contributed by atoms with Crippen LogP contribution in [-0.2, 0) is 5.41 Å². The van der Waals surface area contributed by atoms with E-state index in [9.17, 15) is 14.7 Å². The van der Waals surface area contributed by atoms with Gasteiger partial charge in [-0.25, -0.2) is 9.59 Å². The Morgan fingerprint density at radius 3 is 1.71 bits per heavy atom. The second kappa shape index (κ2) is 7.56. The molecule has 0 amide bonds. The average molecular weight is 376 g/mol. The van der Waals surface area contributed by atoms with Gasteiger partial charge in [0, 0.05) is 5.41 Å². The van der Waals surface area contributed by atoms with Crippen molar-refractivity contribution < 1.29 is 24.5 Å². The minimum absolute atomic E-state index is 0.109. The molecular weight excluding hydrogens is 356 g/mol. The first kappa shape index (κ1) is 19.2. The van der Waals surface area contributed by atoms with E-state index in [0.29, 0.717) is 5.75 Å². The van der Waals surface area contributed by atoms with Crippen LogP contribution in [0.2, 0.25) is 0 Å². The largest absolute Gasteiger partial charge is 0.508 e. The Labute approximate surface area is 162 Å². The maximum absolute atomic E-state index is 12.2. The fourth-order valence-corrected chi connectivity index (χ4v) is 2.90. The number of aromatic hydroxyl groups is 1. The lowest BCUT2D eigenvalue weighted by Crippen LogP contribution is -2.18. The molecule has 3 aromatic carbocycles. The molecule has 0 heterocycles. The smallest absolute Gasteiger partial charge is 0.343 e. The van der Waals surface area contributed by atoms with Crippen molar-refractivity contribution >= 4 is 11.9 Å². The van der Waals surface area contributed by atoms with Crippen LogP contribution in [-0.4, -0.2) is 22.2 Å². The van der Waals surface area contributed by atoms with Crippen LogP contribution < -0.4 is 4.74 Å². The number of aromatic carboxylic acids is 1. The summed E-state index contributed by atoms with van der Waals surface area (Å²) in [5.74, 6) is -0.981. The number of carbonyl (C=O) groups excluding carboxylic acids is 1. The number of phenols is 1. The predicted octanol–water partition coefficient (Wildman–Crippen LogP) is 4.64. The van der Waals surface area contributed by atoms with Crippen molar-refractivity contribution in [3.8, 4) is 11.5 Å². The van der Waals surface area contributed by atoms with Crippen LogP contribution in [0.25, 0.3) is 0 Å². The van der Waals surface area contributed by atoms with Gasteiger partial charge in [-0.2, -0.15) is 0 Å². The van der Waals surface area contributed by atoms with Gasteiger partial charge in [-0.1, -0.05) is 38.1 Å². The van der Waals surface area contributed by atoms with Crippen molar-refractivity contribution in [2.45, 2.75) is 19.3 Å². The van der Waals surface area contributed by atoms with Gasteiger partial charge in [0.05, 0.1) is 11.1 Å². The van der Waals surface area contributed by atoms with Crippen molar-refractivity contribution in [2.75, 3.05) is 0 Å². The molecule has 142 valence electrons. The highest BCUT2D eigenvalue weighted by atomic mass is 16.5. The van der Waals surface area contributed by atoms with Crippen molar-refractivity contribution in [1.29, 1.82) is 0 Å². The number of benzene rings is 3. The number of carboxylic acids is 1. The third-order valence-electron chi connectivity index (χ3n) is 4.74. The van der Waals surface area contributed by atoms with E-state index in [1.165, 1.54) is 24.3 Å². The minimum atomic E-state index is -1.05. The molecule has 0 radical (unpaired) electrons. The number of rotatable bonds is 5. The van der Waals surface area contributed by atoms with E-state index in [1.807, 2.05) is 24.3 Å². The number of ether oxygens (including phenoxy) is 1. The Kier molecular flexibility index (Phi) is 5.18. The van der Waals surface area contributed by atoms with Gasteiger partial charge >= 0.3 is 11.9 Å². The molecular formula is C23H20O5. The minimum Gasteiger partial charge on any atom is -0.508 e. The molecule has 0 bridgehead atoms. The third-order valence-corrected chi connectivity index (χ3v) is 4.74. The topological polar surface area (TPSA) is 83.8 Å². The number of phenolic OH excluding ortho intramolecular Hbond substituents is 1. The lowest BCUT2D eigenvalue weighted by molar-refractivity contribution is 0.0691. The number of hydrogen-bond donors (Lipinski definition) is 2. The van der Waals surface area contributed by atoms with E-state index < -0.39 is 11.9 Å². The van der Waals surface area contributed by atoms with Crippen LogP contribution in [0.1, 0.15) is 45.7 Å². The number of carboxylic acid groups (broad SMARTS) is 1. The van der Waals surface area contributed by atoms with Gasteiger partial charge in [-0.15, -0.1) is 0 Å². The predicted molar refractivity (Wildman–Crippen MR) is 105 cm³/mol. The molecule has 0 aromatic heterocycles. The van der Waals surface area contributed by atoms with Crippen molar-refractivity contribution in [1.82, 2.24) is 0 Å². The summed E-state index contributed by atoms with van der Waals surface area (Å²) in [4.78, 5) is 23.1. The zero-order valence-electron chi connectivity index (χ0n) is 15.5. The molecule has 0 aliphatic heterocycles. The second-order valence-corrected chi connectivity index (χ2v) is 6.97. The highest BCUT2D eigenvalue weighted by molar-refractivity contribution is 5.93. The van der Waals surface area contributed by atoms with Crippen LogP contribution >= 0.6 is 0 Å². The second-order valence-electron chi connectivity index (χ2n) is 6.97. The molecule has 0 unspecified atom stereocenters. The van der Waals surface area contributed by atoms with Gasteiger partial charge in [0.2, 0.25) is 0 Å². The van der Waals surface area contributed by atoms with E-state index in [0.717, 1.165) is 11.1 Å². The van der Waals surface area contributed by atoms with E-state index in [1.54, 1.807) is 24.3 Å². The normalized spacial score (nSPS) is 11.1. The zero-order valence-corrected chi connectivity index (χ0v) is 15.5. The van der Waals surface area contributed by atoms with E-state index in [-0.39, 0.29) is 22.3 Å². The molecule has 3 rings (SSSR count). The van der Waals surface area contributed by atoms with E-state index >= 15 is 0 Å². The third kappa shape index (κ3) is 4.04. The SMILES string of the molecule is CC(C)(c1ccc(O)cc1)c1ccc(OC(=O)c2ccc(C(=O)O)cc2)cc1. The number of hydrogen-bond acceptors (Lipinski definition) is 4. The first-order valence-corrected chi connectivity index (χ1v) is 8.73. The molecule has 0 aliphatic carbocycles. The highest BCUT2D eigenvalue weighted by Gasteiger charge is 2.23. The standard InChI is InChI=1S/C23H20O5/c1-23(2,17-7-11-19(24)12-8-17)18-9-13-20(14-10-18)28-22(27)16-5-3-15(4-6-16)21(25)26/h3-14,24H,1-2H3,(H,25,26). The molecule has 0 saturated heterocycles. The molecule has 0 spiro atoms. The monoisotopic (exact) mass is 376 g/mol. The Bertz CT molecular complexity index is 985. The summed E-state index contributed by atoms with van der Waals surface area (Å²) in [6.07, 6.45) is 0. The summed E-state index contributed by atoms with van der Waals surface area (Å²) in [5, 5.41) is 18.4. The zero-order chi connectivity index (χ0) is 20.3. The summed E-state index contributed by atoms with van der Waals surface area (Å²) in [6.45, 7) is 4.15. The van der Waals surface area contributed by atoms with Gasteiger partial charge in [-0.05, 0) is 59.7 Å². The van der Waals surface area contributed by atoms with Gasteiger partial charge in [0.25, 0.3) is 0 Å². The fraction of sp³-hybridized carbons (Fsp3) is 0.130. The average Bonchev–Trinajstić information content (AvgIpc) is 2.69. The van der Waals surface area contributed by atoms with E-state index in [2.05, 4.69) is 13.8 Å². The Morgan fingerprint density at radius 2 is 1.21 bits per heavy atom. The molecule has 0 saturated carbocycles. The summed E-state index contributed by atoms with van der Waals surface area (Å²) < 4.78 is 5.37. The van der Waals surface area contributed by atoms with Crippen LogP contribution in [0.5, 0.6) is 11.5 Å². The molecule has 5 heteroatoms. The first-order valence-electron chi connectivity index (χ1n) is 8.73. The Morgan fingerprint density at radius 1 is 0.750 bits per heavy atom. The van der Waals surface area contributed by atoms with Crippen molar-refractivity contribution in [3.63, 3.8) is 0 Å². The van der Waals surface area contributed by atoms with Gasteiger partial charge in [0.1, 0.15) is 11.5 Å². The maximum Gasteiger partial charge on any atom is 0.343 e. The van der Waals surface area contributed by atoms with Gasteiger partial charge < -0.3 is 14.9 Å². The number of esters is 1. The molecule has 28 heavy (non-hydrogen) atoms. The van der Waals surface area contributed by atoms with Crippen LogP contribution in [0.3, 0.4) is 0 Å². The van der Waals surface area contributed by atoms with Crippen molar-refractivity contribution in [3.05, 3.63) is 95.1 Å². The molecule has 0 atom stereocenters. The molecule has 2 N–H and O–H groups in total. The van der Waals surface area contributed by atoms with Gasteiger partial charge in [0.15, 0.2) is 0 Å². The number of carbonyl (C=O) groups is 2. The van der Waals surface area contributed by atoms with Crippen LogP contribution in [0.4, 0.5) is 0 Å². The lowest BCUT2D eigenvalue weighted by atomic mass is 9.78. The molecule has 0 fully saturated rings. The molecule has 0 aliphatic rings. The van der Waals surface area contributed by atoms with Crippen LogP contribution in [0, 0.1) is 0 Å².